The van der Waals surface area contributed by atoms with Crippen molar-refractivity contribution in [1.29, 1.82) is 5.26 Å². The molecule has 0 aromatic carbocycles. The van der Waals surface area contributed by atoms with Gasteiger partial charge in [0.05, 0.1) is 7.11 Å². The molecule has 0 saturated heterocycles. The Balaban J connectivity index is 5.18. The number of halogens is 4. The van der Waals surface area contributed by atoms with Crippen molar-refractivity contribution in [1.82, 2.24) is 0 Å². The average Bonchev–Trinajstić information content (AvgIpc) is 2.03. The van der Waals surface area contributed by atoms with E-state index in [1.54, 1.807) is 0 Å². The highest BCUT2D eigenvalue weighted by atomic mass is 35.5. The number of esters is 1. The third kappa shape index (κ3) is 2.95. The molecular formula is C6H3ClF3NO2. The van der Waals surface area contributed by atoms with Crippen LogP contribution in [0.4, 0.5) is 13.2 Å². The van der Waals surface area contributed by atoms with E-state index in [1.807, 2.05) is 0 Å². The lowest BCUT2D eigenvalue weighted by atomic mass is 10.2. The fourth-order valence-electron chi connectivity index (χ4n) is 0.428. The molecule has 0 bridgehead atoms. The number of allylic oxidation sites excluding steroid dienone is 1. The lowest BCUT2D eigenvalue weighted by Gasteiger charge is -2.05. The second-order valence-corrected chi connectivity index (χ2v) is 2.17. The zero-order valence-corrected chi connectivity index (χ0v) is 7.03. The summed E-state index contributed by atoms with van der Waals surface area (Å²) in [6.07, 6.45) is -4.92. The zero-order chi connectivity index (χ0) is 10.6. The second kappa shape index (κ2) is 4.14. The first-order valence-electron chi connectivity index (χ1n) is 2.80. The summed E-state index contributed by atoms with van der Waals surface area (Å²) < 4.78 is 39.4. The van der Waals surface area contributed by atoms with Crippen LogP contribution in [0, 0.1) is 11.3 Å². The third-order valence-corrected chi connectivity index (χ3v) is 1.37. The van der Waals surface area contributed by atoms with Gasteiger partial charge in [-0.05, 0) is 0 Å². The minimum Gasteiger partial charge on any atom is -0.465 e. The van der Waals surface area contributed by atoms with Gasteiger partial charge in [0.1, 0.15) is 11.1 Å². The van der Waals surface area contributed by atoms with E-state index < -0.39 is 22.8 Å². The summed E-state index contributed by atoms with van der Waals surface area (Å²) in [6.45, 7) is 0. The number of nitriles is 1. The molecule has 0 fully saturated rings. The van der Waals surface area contributed by atoms with Crippen molar-refractivity contribution in [2.75, 3.05) is 7.11 Å². The van der Waals surface area contributed by atoms with Gasteiger partial charge in [-0.1, -0.05) is 11.6 Å². The van der Waals surface area contributed by atoms with Crippen LogP contribution in [-0.4, -0.2) is 19.3 Å². The fourth-order valence-corrected chi connectivity index (χ4v) is 0.548. The van der Waals surface area contributed by atoms with E-state index >= 15 is 0 Å². The average molecular weight is 214 g/mol. The van der Waals surface area contributed by atoms with Crippen molar-refractivity contribution >= 4 is 17.6 Å². The molecule has 0 aromatic heterocycles. The first kappa shape index (κ1) is 11.8. The first-order valence-corrected chi connectivity index (χ1v) is 3.17. The molecule has 0 aliphatic heterocycles. The van der Waals surface area contributed by atoms with Crippen molar-refractivity contribution in [3.05, 3.63) is 10.6 Å². The maximum Gasteiger partial charge on any atom is 0.428 e. The topological polar surface area (TPSA) is 50.1 Å². The molecule has 0 aliphatic carbocycles. The van der Waals surface area contributed by atoms with E-state index in [0.29, 0.717) is 0 Å². The summed E-state index contributed by atoms with van der Waals surface area (Å²) >= 11 is 4.73. The van der Waals surface area contributed by atoms with Crippen LogP contribution in [0.2, 0.25) is 0 Å². The number of nitrogens with zero attached hydrogens (tertiary/aromatic N) is 1. The Labute approximate surface area is 76.3 Å². The van der Waals surface area contributed by atoms with Crippen molar-refractivity contribution in [3.63, 3.8) is 0 Å². The van der Waals surface area contributed by atoms with Crippen LogP contribution in [0.1, 0.15) is 0 Å². The summed E-state index contributed by atoms with van der Waals surface area (Å²) in [4.78, 5) is 10.5. The van der Waals surface area contributed by atoms with Crippen LogP contribution < -0.4 is 0 Å². The van der Waals surface area contributed by atoms with E-state index in [1.165, 1.54) is 0 Å². The molecule has 0 heterocycles. The lowest BCUT2D eigenvalue weighted by molar-refractivity contribution is -0.136. The standard InChI is InChI=1S/C6H3ClF3NO2/c1-13-5(12)3(2-11)4(7)6(8,9)10/h1H3. The molecule has 13 heavy (non-hydrogen) atoms. The van der Waals surface area contributed by atoms with E-state index in [9.17, 15) is 18.0 Å². The molecule has 0 atom stereocenters. The van der Waals surface area contributed by atoms with Gasteiger partial charge >= 0.3 is 12.1 Å². The van der Waals surface area contributed by atoms with Crippen LogP contribution in [0.5, 0.6) is 0 Å². The molecule has 0 amide bonds. The van der Waals surface area contributed by atoms with Crippen LogP contribution in [0.3, 0.4) is 0 Å². The van der Waals surface area contributed by atoms with Crippen molar-refractivity contribution in [2.45, 2.75) is 6.18 Å². The highest BCUT2D eigenvalue weighted by Crippen LogP contribution is 2.31. The third-order valence-electron chi connectivity index (χ3n) is 0.970. The van der Waals surface area contributed by atoms with Gasteiger partial charge in [-0.25, -0.2) is 4.79 Å². The minimum absolute atomic E-state index is 0.847. The van der Waals surface area contributed by atoms with Gasteiger partial charge in [0.2, 0.25) is 0 Å². The highest BCUT2D eigenvalue weighted by Gasteiger charge is 2.37. The van der Waals surface area contributed by atoms with Crippen LogP contribution in [0.15, 0.2) is 10.6 Å². The maximum absolute atomic E-state index is 11.8. The molecule has 0 aromatic rings. The molecule has 0 spiro atoms. The number of hydrogen-bond acceptors (Lipinski definition) is 3. The zero-order valence-electron chi connectivity index (χ0n) is 6.28. The van der Waals surface area contributed by atoms with Crippen LogP contribution in [0.25, 0.3) is 0 Å². The summed E-state index contributed by atoms with van der Waals surface area (Å²) in [5, 5.41) is 6.39. The summed E-state index contributed by atoms with van der Waals surface area (Å²) in [5.74, 6) is -1.41. The number of ether oxygens (including phenoxy) is 1. The van der Waals surface area contributed by atoms with Gasteiger partial charge in [0, 0.05) is 0 Å². The normalized spacial score (nSPS) is 12.9. The smallest absolute Gasteiger partial charge is 0.428 e. The van der Waals surface area contributed by atoms with Crippen molar-refractivity contribution in [2.24, 2.45) is 0 Å². The minimum atomic E-state index is -4.92. The highest BCUT2D eigenvalue weighted by molar-refractivity contribution is 6.33. The quantitative estimate of drug-likeness (QED) is 0.379. The Morgan fingerprint density at radius 3 is 2.23 bits per heavy atom. The molecule has 72 valence electrons. The number of alkyl halides is 3. The Morgan fingerprint density at radius 1 is 1.54 bits per heavy atom. The molecule has 0 unspecified atom stereocenters. The summed E-state index contributed by atoms with van der Waals surface area (Å²) in [5.41, 5.74) is -1.25. The van der Waals surface area contributed by atoms with Gasteiger partial charge in [-0.2, -0.15) is 18.4 Å². The Bertz CT molecular complexity index is 289. The lowest BCUT2D eigenvalue weighted by Crippen LogP contribution is -2.14. The molecule has 0 aliphatic rings. The fraction of sp³-hybridized carbons (Fsp3) is 0.333. The Kier molecular flexibility index (Phi) is 3.75. The predicted octanol–water partition coefficient (Wildman–Crippen LogP) is 1.74. The molecule has 0 rings (SSSR count). The van der Waals surface area contributed by atoms with Crippen LogP contribution >= 0.6 is 11.6 Å². The number of methoxy groups -OCH3 is 1. The molecule has 0 N–H and O–H groups in total. The van der Waals surface area contributed by atoms with Crippen LogP contribution in [-0.2, 0) is 9.53 Å². The SMILES string of the molecule is COC(=O)C(C#N)=C(Cl)C(F)(F)F. The van der Waals surface area contributed by atoms with Crippen molar-refractivity contribution < 1.29 is 22.7 Å². The first-order chi connectivity index (χ1) is 5.84. The number of hydrogen-bond donors (Lipinski definition) is 0. The van der Waals surface area contributed by atoms with E-state index in [4.69, 9.17) is 16.9 Å². The van der Waals surface area contributed by atoms with Gasteiger partial charge in [0.15, 0.2) is 5.57 Å². The van der Waals surface area contributed by atoms with E-state index in [-0.39, 0.29) is 0 Å². The molecular weight excluding hydrogens is 211 g/mol. The summed E-state index contributed by atoms with van der Waals surface area (Å²) in [6, 6.07) is 1.01. The number of carbonyl (C=O) groups excluding carboxylic acids is 1. The van der Waals surface area contributed by atoms with Gasteiger partial charge in [0.25, 0.3) is 0 Å². The largest absolute Gasteiger partial charge is 0.465 e. The van der Waals surface area contributed by atoms with E-state index in [0.717, 1.165) is 13.2 Å². The Morgan fingerprint density at radius 2 is 2.00 bits per heavy atom. The maximum atomic E-state index is 11.8. The van der Waals surface area contributed by atoms with Gasteiger partial charge < -0.3 is 4.74 Å². The number of rotatable bonds is 1. The predicted molar refractivity (Wildman–Crippen MR) is 36.6 cm³/mol. The van der Waals surface area contributed by atoms with E-state index in [2.05, 4.69) is 4.74 Å². The molecule has 3 nitrogen and oxygen atoms in total. The summed E-state index contributed by atoms with van der Waals surface area (Å²) in [7, 11) is 0.847. The molecule has 0 saturated carbocycles. The number of carbonyl (C=O) groups is 1. The monoisotopic (exact) mass is 213 g/mol. The second-order valence-electron chi connectivity index (χ2n) is 1.79. The Hall–Kier alpha value is -1.22. The molecule has 7 heteroatoms. The van der Waals surface area contributed by atoms with Gasteiger partial charge in [-0.3, -0.25) is 0 Å². The van der Waals surface area contributed by atoms with Gasteiger partial charge in [-0.15, -0.1) is 0 Å². The van der Waals surface area contributed by atoms with Crippen molar-refractivity contribution in [3.8, 4) is 6.07 Å². The molecule has 0 radical (unpaired) electrons.